The molecule has 0 spiro atoms. The van der Waals surface area contributed by atoms with Gasteiger partial charge in [-0.3, -0.25) is 4.79 Å². The van der Waals surface area contributed by atoms with Gasteiger partial charge in [0.1, 0.15) is 5.76 Å². The molecule has 1 atom stereocenters. The molecule has 1 saturated heterocycles. The maximum atomic E-state index is 11.9. The van der Waals surface area contributed by atoms with Crippen molar-refractivity contribution in [2.45, 2.75) is 39.7 Å². The lowest BCUT2D eigenvalue weighted by Gasteiger charge is -2.22. The third kappa shape index (κ3) is 1.99. The van der Waals surface area contributed by atoms with Crippen LogP contribution in [0.15, 0.2) is 23.5 Å². The van der Waals surface area contributed by atoms with Crippen LogP contribution in [-0.4, -0.2) is 18.0 Å². The highest BCUT2D eigenvalue weighted by atomic mass is 16.6. The molecule has 1 unspecified atom stereocenters. The summed E-state index contributed by atoms with van der Waals surface area (Å²) in [6.45, 7) is 5.51. The smallest absolute Gasteiger partial charge is 0.357 e. The first-order valence-corrected chi connectivity index (χ1v) is 5.79. The van der Waals surface area contributed by atoms with Crippen molar-refractivity contribution in [3.05, 3.63) is 23.5 Å². The second kappa shape index (κ2) is 4.02. The van der Waals surface area contributed by atoms with E-state index in [1.165, 1.54) is 0 Å². The van der Waals surface area contributed by atoms with Crippen molar-refractivity contribution >= 4 is 11.9 Å². The number of carbonyl (C=O) groups excluding carboxylic acids is 2. The highest BCUT2D eigenvalue weighted by Gasteiger charge is 2.42. The third-order valence-electron chi connectivity index (χ3n) is 3.29. The molecule has 2 aliphatic rings. The Kier molecular flexibility index (Phi) is 2.81. The standard InChI is InChI=1S/C13H16O4/c1-4-13(2,3)12(15)17-10-8-6-5-7-9(8)16-11(10)14/h6-7,10H,4-5H2,1-3H3. The second-order valence-electron chi connectivity index (χ2n) is 4.91. The van der Waals surface area contributed by atoms with Crippen LogP contribution in [0.1, 0.15) is 33.6 Å². The minimum absolute atomic E-state index is 0.365. The molecular formula is C13H16O4. The van der Waals surface area contributed by atoms with Crippen LogP contribution in [0.5, 0.6) is 0 Å². The first-order valence-electron chi connectivity index (χ1n) is 5.79. The highest BCUT2D eigenvalue weighted by molar-refractivity contribution is 5.89. The summed E-state index contributed by atoms with van der Waals surface area (Å²) in [4.78, 5) is 23.5. The maximum Gasteiger partial charge on any atom is 0.357 e. The molecule has 0 aromatic carbocycles. The van der Waals surface area contributed by atoms with Crippen LogP contribution in [0.2, 0.25) is 0 Å². The number of hydrogen-bond donors (Lipinski definition) is 0. The van der Waals surface area contributed by atoms with Gasteiger partial charge in [-0.25, -0.2) is 4.79 Å². The van der Waals surface area contributed by atoms with Crippen LogP contribution in [0.25, 0.3) is 0 Å². The zero-order chi connectivity index (χ0) is 12.6. The van der Waals surface area contributed by atoms with E-state index in [1.54, 1.807) is 13.8 Å². The molecule has 92 valence electrons. The molecule has 2 rings (SSSR count). The SMILES string of the molecule is CCC(C)(C)C(=O)OC1C(=O)OC2=CCC=C21. The molecule has 0 bridgehead atoms. The lowest BCUT2D eigenvalue weighted by Crippen LogP contribution is -2.32. The molecule has 0 radical (unpaired) electrons. The van der Waals surface area contributed by atoms with Gasteiger partial charge in [-0.05, 0) is 32.8 Å². The molecule has 4 heteroatoms. The van der Waals surface area contributed by atoms with Gasteiger partial charge in [-0.1, -0.05) is 13.0 Å². The predicted octanol–water partition coefficient (Wildman–Crippen LogP) is 2.11. The van der Waals surface area contributed by atoms with Crippen LogP contribution in [-0.2, 0) is 19.1 Å². The maximum absolute atomic E-state index is 11.9. The van der Waals surface area contributed by atoms with Gasteiger partial charge >= 0.3 is 11.9 Å². The van der Waals surface area contributed by atoms with E-state index in [-0.39, 0.29) is 5.97 Å². The summed E-state index contributed by atoms with van der Waals surface area (Å²) in [7, 11) is 0. The van der Waals surface area contributed by atoms with E-state index in [0.29, 0.717) is 17.8 Å². The molecule has 1 aliphatic heterocycles. The van der Waals surface area contributed by atoms with E-state index in [4.69, 9.17) is 9.47 Å². The number of rotatable bonds is 3. The van der Waals surface area contributed by atoms with Gasteiger partial charge in [0.2, 0.25) is 6.10 Å². The van der Waals surface area contributed by atoms with Gasteiger partial charge in [0, 0.05) is 5.57 Å². The lowest BCUT2D eigenvalue weighted by molar-refractivity contribution is -0.165. The Morgan fingerprint density at radius 1 is 1.53 bits per heavy atom. The van der Waals surface area contributed by atoms with Gasteiger partial charge in [0.15, 0.2) is 0 Å². The minimum atomic E-state index is -0.873. The van der Waals surface area contributed by atoms with Gasteiger partial charge in [-0.2, -0.15) is 0 Å². The summed E-state index contributed by atoms with van der Waals surface area (Å²) in [5.41, 5.74) is 0.113. The fourth-order valence-corrected chi connectivity index (χ4v) is 1.66. The summed E-state index contributed by atoms with van der Waals surface area (Å²) in [5, 5.41) is 0. The molecule has 1 heterocycles. The molecule has 0 aromatic heterocycles. The normalized spacial score (nSPS) is 22.8. The lowest BCUT2D eigenvalue weighted by atomic mass is 9.90. The predicted molar refractivity (Wildman–Crippen MR) is 60.8 cm³/mol. The van der Waals surface area contributed by atoms with Crippen LogP contribution >= 0.6 is 0 Å². The topological polar surface area (TPSA) is 52.6 Å². The van der Waals surface area contributed by atoms with Crippen molar-refractivity contribution < 1.29 is 19.1 Å². The monoisotopic (exact) mass is 236 g/mol. The summed E-state index contributed by atoms with van der Waals surface area (Å²) < 4.78 is 10.3. The van der Waals surface area contributed by atoms with Crippen LogP contribution in [0.3, 0.4) is 0 Å². The van der Waals surface area contributed by atoms with Crippen LogP contribution in [0.4, 0.5) is 0 Å². The second-order valence-corrected chi connectivity index (χ2v) is 4.91. The summed E-state index contributed by atoms with van der Waals surface area (Å²) in [5.74, 6) is -0.319. The van der Waals surface area contributed by atoms with E-state index < -0.39 is 17.5 Å². The Morgan fingerprint density at radius 2 is 2.24 bits per heavy atom. The number of allylic oxidation sites excluding steroid dienone is 2. The summed E-state index contributed by atoms with van der Waals surface area (Å²) in [6, 6.07) is 0. The molecule has 0 amide bonds. The minimum Gasteiger partial charge on any atom is -0.445 e. The quantitative estimate of drug-likeness (QED) is 0.704. The van der Waals surface area contributed by atoms with E-state index >= 15 is 0 Å². The zero-order valence-electron chi connectivity index (χ0n) is 10.3. The number of fused-ring (bicyclic) bond motifs is 1. The third-order valence-corrected chi connectivity index (χ3v) is 3.29. The van der Waals surface area contributed by atoms with Crippen molar-refractivity contribution in [3.8, 4) is 0 Å². The molecule has 1 aliphatic carbocycles. The summed E-state index contributed by atoms with van der Waals surface area (Å²) >= 11 is 0. The molecule has 4 nitrogen and oxygen atoms in total. The average molecular weight is 236 g/mol. The Labute approximate surface area is 100 Å². The van der Waals surface area contributed by atoms with E-state index in [9.17, 15) is 9.59 Å². The number of carbonyl (C=O) groups is 2. The molecular weight excluding hydrogens is 220 g/mol. The number of esters is 2. The molecule has 1 fully saturated rings. The van der Waals surface area contributed by atoms with E-state index in [0.717, 1.165) is 6.42 Å². The van der Waals surface area contributed by atoms with E-state index in [2.05, 4.69) is 0 Å². The first kappa shape index (κ1) is 11.9. The fourth-order valence-electron chi connectivity index (χ4n) is 1.66. The molecule has 0 aromatic rings. The van der Waals surface area contributed by atoms with Crippen LogP contribution in [0, 0.1) is 5.41 Å². The molecule has 0 N–H and O–H groups in total. The van der Waals surface area contributed by atoms with Crippen LogP contribution < -0.4 is 0 Å². The molecule has 0 saturated carbocycles. The van der Waals surface area contributed by atoms with E-state index in [1.807, 2.05) is 19.1 Å². The Bertz CT molecular complexity index is 429. The largest absolute Gasteiger partial charge is 0.445 e. The van der Waals surface area contributed by atoms with Crippen molar-refractivity contribution in [2.75, 3.05) is 0 Å². The van der Waals surface area contributed by atoms with Gasteiger partial charge < -0.3 is 9.47 Å². The zero-order valence-corrected chi connectivity index (χ0v) is 10.3. The molecule has 17 heavy (non-hydrogen) atoms. The van der Waals surface area contributed by atoms with Crippen molar-refractivity contribution in [1.29, 1.82) is 0 Å². The number of ether oxygens (including phenoxy) is 2. The number of hydrogen-bond acceptors (Lipinski definition) is 4. The Morgan fingerprint density at radius 3 is 2.88 bits per heavy atom. The average Bonchev–Trinajstić information content (AvgIpc) is 2.82. The fraction of sp³-hybridized carbons (Fsp3) is 0.538. The first-order chi connectivity index (χ1) is 7.95. The Hall–Kier alpha value is -1.58. The van der Waals surface area contributed by atoms with Gasteiger partial charge in [-0.15, -0.1) is 0 Å². The van der Waals surface area contributed by atoms with Gasteiger partial charge in [0.25, 0.3) is 0 Å². The van der Waals surface area contributed by atoms with Crippen molar-refractivity contribution in [3.63, 3.8) is 0 Å². The van der Waals surface area contributed by atoms with Gasteiger partial charge in [0.05, 0.1) is 5.41 Å². The highest BCUT2D eigenvalue weighted by Crippen LogP contribution is 2.34. The van der Waals surface area contributed by atoms with Crippen molar-refractivity contribution in [1.82, 2.24) is 0 Å². The van der Waals surface area contributed by atoms with Crippen molar-refractivity contribution in [2.24, 2.45) is 5.41 Å². The summed E-state index contributed by atoms with van der Waals surface area (Å²) in [6.07, 6.45) is 4.18. The Balaban J connectivity index is 2.12.